The SMILES string of the molecule is CCC(C)(C)c1ccc(C(=CC(C)c2cc(C(C)(C)CC)cc(C(C)(C)CC)c2O)C(=O)O)c(C(C)(C)CC)c1. The highest BCUT2D eigenvalue weighted by Crippen LogP contribution is 2.44. The number of phenols is 1. The molecule has 2 rings (SSSR count). The molecule has 222 valence electrons. The standard InChI is InChI=1S/C37H56O3/c1-14-34(6,7)25-18-19-27(30(22-25)36(10,11)16-3)29(33(39)40)20-24(5)28-21-26(35(8,9)15-2)23-31(32(28)38)37(12,13)17-4/h18-24,38H,14-17H2,1-13H3,(H,39,40). The van der Waals surface area contributed by atoms with E-state index in [9.17, 15) is 15.0 Å². The second-order valence-corrected chi connectivity index (χ2v) is 14.3. The number of phenolic OH excluding ortho intramolecular Hbond substituents is 1. The molecule has 1 unspecified atom stereocenters. The van der Waals surface area contributed by atoms with E-state index in [0.717, 1.165) is 47.9 Å². The molecule has 2 aromatic carbocycles. The number of hydrogen-bond donors (Lipinski definition) is 2. The number of carboxylic acid groups (broad SMARTS) is 1. The van der Waals surface area contributed by atoms with Crippen molar-refractivity contribution in [1.82, 2.24) is 0 Å². The second-order valence-electron chi connectivity index (χ2n) is 14.3. The molecule has 0 saturated carbocycles. The smallest absolute Gasteiger partial charge is 0.335 e. The second kappa shape index (κ2) is 12.1. The van der Waals surface area contributed by atoms with Crippen molar-refractivity contribution in [2.24, 2.45) is 0 Å². The maximum absolute atomic E-state index is 12.9. The molecule has 0 aliphatic rings. The first-order chi connectivity index (χ1) is 18.3. The zero-order valence-electron chi connectivity index (χ0n) is 27.7. The topological polar surface area (TPSA) is 57.5 Å². The van der Waals surface area contributed by atoms with Crippen molar-refractivity contribution in [3.05, 3.63) is 69.8 Å². The predicted molar refractivity (Wildman–Crippen MR) is 172 cm³/mol. The monoisotopic (exact) mass is 548 g/mol. The molecule has 2 aromatic rings. The summed E-state index contributed by atoms with van der Waals surface area (Å²) in [6, 6.07) is 10.6. The van der Waals surface area contributed by atoms with Crippen LogP contribution in [0, 0.1) is 0 Å². The van der Waals surface area contributed by atoms with Gasteiger partial charge in [-0.1, -0.05) is 126 Å². The lowest BCUT2D eigenvalue weighted by atomic mass is 9.73. The van der Waals surface area contributed by atoms with Gasteiger partial charge < -0.3 is 10.2 Å². The maximum atomic E-state index is 12.9. The van der Waals surface area contributed by atoms with Crippen molar-refractivity contribution >= 4 is 11.5 Å². The molecular formula is C37H56O3. The number of benzene rings is 2. The first-order valence-corrected chi connectivity index (χ1v) is 15.3. The van der Waals surface area contributed by atoms with Crippen LogP contribution in [0.4, 0.5) is 0 Å². The Hall–Kier alpha value is -2.55. The van der Waals surface area contributed by atoms with E-state index in [-0.39, 0.29) is 33.3 Å². The normalized spacial score (nSPS) is 14.4. The van der Waals surface area contributed by atoms with E-state index < -0.39 is 5.97 Å². The molecule has 1 atom stereocenters. The molecule has 0 bridgehead atoms. The average molecular weight is 549 g/mol. The lowest BCUT2D eigenvalue weighted by molar-refractivity contribution is -0.130. The Morgan fingerprint density at radius 3 is 1.65 bits per heavy atom. The number of rotatable bonds is 12. The Morgan fingerprint density at radius 2 is 1.18 bits per heavy atom. The van der Waals surface area contributed by atoms with Gasteiger partial charge in [-0.05, 0) is 69.6 Å². The number of hydrogen-bond acceptors (Lipinski definition) is 2. The minimum atomic E-state index is -0.943. The molecule has 0 radical (unpaired) electrons. The molecule has 0 heterocycles. The third-order valence-electron chi connectivity index (χ3n) is 10.1. The van der Waals surface area contributed by atoms with Crippen LogP contribution in [0.1, 0.15) is 155 Å². The molecular weight excluding hydrogens is 492 g/mol. The molecule has 0 aliphatic heterocycles. The van der Waals surface area contributed by atoms with Crippen LogP contribution in [0.5, 0.6) is 5.75 Å². The molecule has 3 nitrogen and oxygen atoms in total. The first-order valence-electron chi connectivity index (χ1n) is 15.3. The number of aromatic hydroxyl groups is 1. The molecule has 0 fully saturated rings. The van der Waals surface area contributed by atoms with Gasteiger partial charge in [0.25, 0.3) is 0 Å². The van der Waals surface area contributed by atoms with Gasteiger partial charge in [-0.25, -0.2) is 4.79 Å². The summed E-state index contributed by atoms with van der Waals surface area (Å²) in [4.78, 5) is 12.9. The van der Waals surface area contributed by atoms with Crippen LogP contribution >= 0.6 is 0 Å². The van der Waals surface area contributed by atoms with Crippen molar-refractivity contribution in [2.75, 3.05) is 0 Å². The summed E-state index contributed by atoms with van der Waals surface area (Å²) in [6.45, 7) is 28.3. The van der Waals surface area contributed by atoms with Gasteiger partial charge in [-0.15, -0.1) is 0 Å². The zero-order chi connectivity index (χ0) is 30.8. The molecule has 0 spiro atoms. The largest absolute Gasteiger partial charge is 0.507 e. The van der Waals surface area contributed by atoms with Crippen LogP contribution in [0.15, 0.2) is 36.4 Å². The van der Waals surface area contributed by atoms with Gasteiger partial charge in [0.15, 0.2) is 0 Å². The summed E-state index contributed by atoms with van der Waals surface area (Å²) in [5.41, 5.74) is 5.76. The fraction of sp³-hybridized carbons (Fsp3) is 0.595. The zero-order valence-corrected chi connectivity index (χ0v) is 27.7. The van der Waals surface area contributed by atoms with Gasteiger partial charge in [0.05, 0.1) is 5.57 Å². The van der Waals surface area contributed by atoms with Gasteiger partial charge in [0.1, 0.15) is 5.75 Å². The summed E-state index contributed by atoms with van der Waals surface area (Å²) >= 11 is 0. The number of aliphatic carboxylic acids is 1. The van der Waals surface area contributed by atoms with Gasteiger partial charge in [0.2, 0.25) is 0 Å². The van der Waals surface area contributed by atoms with E-state index in [2.05, 4.69) is 107 Å². The average Bonchev–Trinajstić information content (AvgIpc) is 2.90. The van der Waals surface area contributed by atoms with Crippen LogP contribution in [-0.4, -0.2) is 16.2 Å². The van der Waals surface area contributed by atoms with Crippen LogP contribution in [0.2, 0.25) is 0 Å². The summed E-state index contributed by atoms with van der Waals surface area (Å²) in [6.07, 6.45) is 5.58. The Kier molecular flexibility index (Phi) is 10.2. The van der Waals surface area contributed by atoms with E-state index in [1.807, 2.05) is 19.1 Å². The minimum absolute atomic E-state index is 0.00170. The molecule has 0 saturated heterocycles. The minimum Gasteiger partial charge on any atom is -0.507 e. The fourth-order valence-corrected chi connectivity index (χ4v) is 5.08. The van der Waals surface area contributed by atoms with Gasteiger partial charge in [0, 0.05) is 17.0 Å². The summed E-state index contributed by atoms with van der Waals surface area (Å²) in [5, 5.41) is 22.2. The van der Waals surface area contributed by atoms with Crippen molar-refractivity contribution < 1.29 is 15.0 Å². The third kappa shape index (κ3) is 6.84. The highest BCUT2D eigenvalue weighted by atomic mass is 16.4. The van der Waals surface area contributed by atoms with E-state index in [4.69, 9.17) is 0 Å². The van der Waals surface area contributed by atoms with E-state index in [0.29, 0.717) is 5.57 Å². The lowest BCUT2D eigenvalue weighted by Gasteiger charge is -2.32. The highest BCUT2D eigenvalue weighted by Gasteiger charge is 2.31. The molecule has 3 heteroatoms. The summed E-state index contributed by atoms with van der Waals surface area (Å²) < 4.78 is 0. The summed E-state index contributed by atoms with van der Waals surface area (Å²) in [7, 11) is 0. The van der Waals surface area contributed by atoms with E-state index in [1.54, 1.807) is 0 Å². The van der Waals surface area contributed by atoms with Gasteiger partial charge >= 0.3 is 5.97 Å². The van der Waals surface area contributed by atoms with Crippen LogP contribution in [0.3, 0.4) is 0 Å². The van der Waals surface area contributed by atoms with Crippen molar-refractivity contribution in [1.29, 1.82) is 0 Å². The lowest BCUT2D eigenvalue weighted by Crippen LogP contribution is -2.23. The third-order valence-corrected chi connectivity index (χ3v) is 10.1. The van der Waals surface area contributed by atoms with Crippen LogP contribution in [0.25, 0.3) is 5.57 Å². The van der Waals surface area contributed by atoms with Gasteiger partial charge in [-0.2, -0.15) is 0 Å². The Labute approximate surface area is 245 Å². The Bertz CT molecular complexity index is 1240. The van der Waals surface area contributed by atoms with E-state index >= 15 is 0 Å². The molecule has 0 amide bonds. The Morgan fingerprint density at radius 1 is 0.725 bits per heavy atom. The van der Waals surface area contributed by atoms with Crippen LogP contribution < -0.4 is 0 Å². The number of carbonyl (C=O) groups is 1. The molecule has 2 N–H and O–H groups in total. The highest BCUT2D eigenvalue weighted by molar-refractivity contribution is 6.16. The van der Waals surface area contributed by atoms with Gasteiger partial charge in [-0.3, -0.25) is 0 Å². The van der Waals surface area contributed by atoms with Crippen LogP contribution in [-0.2, 0) is 26.5 Å². The first kappa shape index (κ1) is 33.7. The number of allylic oxidation sites excluding steroid dienone is 1. The Balaban J connectivity index is 2.88. The predicted octanol–water partition coefficient (Wildman–Crippen LogP) is 10.4. The number of carboxylic acids is 1. The fourth-order valence-electron chi connectivity index (χ4n) is 5.08. The quantitative estimate of drug-likeness (QED) is 0.259. The maximum Gasteiger partial charge on any atom is 0.335 e. The van der Waals surface area contributed by atoms with Crippen molar-refractivity contribution in [2.45, 2.75) is 143 Å². The summed E-state index contributed by atoms with van der Waals surface area (Å²) in [5.74, 6) is -0.958. The van der Waals surface area contributed by atoms with E-state index in [1.165, 1.54) is 11.1 Å². The molecule has 0 aliphatic carbocycles. The molecule has 40 heavy (non-hydrogen) atoms. The van der Waals surface area contributed by atoms with Crippen molar-refractivity contribution in [3.8, 4) is 5.75 Å². The molecule has 0 aromatic heterocycles. The van der Waals surface area contributed by atoms with Crippen molar-refractivity contribution in [3.63, 3.8) is 0 Å².